The summed E-state index contributed by atoms with van der Waals surface area (Å²) in [7, 11) is 1.58. The monoisotopic (exact) mass is 364 g/mol. The molecule has 1 aromatic carbocycles. The van der Waals surface area contributed by atoms with Crippen LogP contribution in [0.2, 0.25) is 0 Å². The molecule has 6 atom stereocenters. The quantitative estimate of drug-likeness (QED) is 0.829. The van der Waals surface area contributed by atoms with Crippen LogP contribution in [0.15, 0.2) is 43.0 Å². The third-order valence-electron chi connectivity index (χ3n) is 5.30. The molecule has 144 valence electrons. The molecule has 2 aliphatic heterocycles. The number of hydrogen-bond acceptors (Lipinski definition) is 6. The fourth-order valence-corrected chi connectivity index (χ4v) is 3.35. The summed E-state index contributed by atoms with van der Waals surface area (Å²) in [6.07, 6.45) is -1.43. The Balaban J connectivity index is 1.84. The van der Waals surface area contributed by atoms with E-state index in [4.69, 9.17) is 23.7 Å². The van der Waals surface area contributed by atoms with Crippen LogP contribution in [0.1, 0.15) is 32.6 Å². The predicted octanol–water partition coefficient (Wildman–Crippen LogP) is 2.57. The van der Waals surface area contributed by atoms with Gasteiger partial charge in [-0.1, -0.05) is 36.4 Å². The first-order valence-corrected chi connectivity index (χ1v) is 8.85. The molecular weight excluding hydrogens is 336 g/mol. The maximum atomic E-state index is 10.5. The van der Waals surface area contributed by atoms with Crippen LogP contribution >= 0.6 is 0 Å². The molecule has 0 aromatic heterocycles. The lowest BCUT2D eigenvalue weighted by Gasteiger charge is -2.53. The number of aliphatic hydroxyl groups excluding tert-OH is 1. The lowest BCUT2D eigenvalue weighted by atomic mass is 9.91. The molecular formula is C20H28O6. The van der Waals surface area contributed by atoms with Crippen molar-refractivity contribution in [2.45, 2.75) is 62.9 Å². The van der Waals surface area contributed by atoms with Gasteiger partial charge in [0.05, 0.1) is 6.61 Å². The summed E-state index contributed by atoms with van der Waals surface area (Å²) >= 11 is 0. The average molecular weight is 364 g/mol. The first-order chi connectivity index (χ1) is 12.3. The van der Waals surface area contributed by atoms with E-state index in [0.717, 1.165) is 5.56 Å². The van der Waals surface area contributed by atoms with Gasteiger partial charge in [0.15, 0.2) is 12.1 Å². The minimum atomic E-state index is -0.947. The van der Waals surface area contributed by atoms with Crippen LogP contribution in [0.25, 0.3) is 0 Å². The Labute approximate surface area is 154 Å². The largest absolute Gasteiger partial charge is 0.388 e. The van der Waals surface area contributed by atoms with E-state index >= 15 is 0 Å². The van der Waals surface area contributed by atoms with Crippen molar-refractivity contribution in [1.82, 2.24) is 0 Å². The summed E-state index contributed by atoms with van der Waals surface area (Å²) in [4.78, 5) is 0. The first kappa shape index (κ1) is 19.5. The van der Waals surface area contributed by atoms with Crippen LogP contribution in [0.5, 0.6) is 0 Å². The summed E-state index contributed by atoms with van der Waals surface area (Å²) in [5.41, 5.74) is 0.132. The van der Waals surface area contributed by atoms with Gasteiger partial charge < -0.3 is 28.8 Å². The summed E-state index contributed by atoms with van der Waals surface area (Å²) < 4.78 is 29.8. The minimum Gasteiger partial charge on any atom is -0.388 e. The van der Waals surface area contributed by atoms with Gasteiger partial charge in [-0.05, 0) is 20.8 Å². The Morgan fingerprint density at radius 1 is 1.15 bits per heavy atom. The second-order valence-corrected chi connectivity index (χ2v) is 7.30. The van der Waals surface area contributed by atoms with Gasteiger partial charge in [0.1, 0.15) is 30.0 Å². The summed E-state index contributed by atoms with van der Waals surface area (Å²) in [6, 6.07) is 9.62. The molecule has 0 aliphatic carbocycles. The molecule has 0 spiro atoms. The van der Waals surface area contributed by atoms with Crippen molar-refractivity contribution in [3.63, 3.8) is 0 Å². The van der Waals surface area contributed by atoms with Crippen LogP contribution in [0, 0.1) is 0 Å². The number of ether oxygens (including phenoxy) is 5. The highest BCUT2D eigenvalue weighted by atomic mass is 16.8. The van der Waals surface area contributed by atoms with E-state index in [1.54, 1.807) is 13.2 Å². The van der Waals surface area contributed by atoms with E-state index in [1.807, 2.05) is 51.1 Å². The molecule has 0 saturated carbocycles. The molecule has 2 saturated heterocycles. The van der Waals surface area contributed by atoms with Crippen molar-refractivity contribution in [2.24, 2.45) is 0 Å². The van der Waals surface area contributed by atoms with Crippen LogP contribution < -0.4 is 0 Å². The Hall–Kier alpha value is -1.28. The molecule has 3 rings (SSSR count). The Morgan fingerprint density at radius 3 is 2.46 bits per heavy atom. The molecule has 6 nitrogen and oxygen atoms in total. The highest BCUT2D eigenvalue weighted by Crippen LogP contribution is 2.41. The highest BCUT2D eigenvalue weighted by molar-refractivity contribution is 5.16. The third kappa shape index (κ3) is 3.45. The number of hydrogen-bond donors (Lipinski definition) is 1. The second kappa shape index (κ2) is 7.38. The van der Waals surface area contributed by atoms with E-state index in [0.29, 0.717) is 0 Å². The van der Waals surface area contributed by atoms with Crippen molar-refractivity contribution in [2.75, 3.05) is 13.7 Å². The van der Waals surface area contributed by atoms with E-state index in [1.165, 1.54) is 0 Å². The van der Waals surface area contributed by atoms with Crippen LogP contribution in [0.4, 0.5) is 0 Å². The zero-order valence-corrected chi connectivity index (χ0v) is 15.8. The zero-order chi connectivity index (χ0) is 18.9. The average Bonchev–Trinajstić information content (AvgIpc) is 2.64. The van der Waals surface area contributed by atoms with Gasteiger partial charge in [0.2, 0.25) is 0 Å². The number of benzene rings is 1. The first-order valence-electron chi connectivity index (χ1n) is 8.85. The van der Waals surface area contributed by atoms with Crippen LogP contribution in [-0.2, 0) is 23.7 Å². The maximum absolute atomic E-state index is 10.5. The van der Waals surface area contributed by atoms with E-state index in [-0.39, 0.29) is 6.61 Å². The smallest absolute Gasteiger partial charge is 0.194 e. The molecule has 0 bridgehead atoms. The standard InChI is InChI=1S/C20H28O6/c1-6-15-17(26-19(2,3)20(4,22-5)25-15)16-14(21)12-23-18(24-16)13-10-8-7-9-11-13/h6-11,14-18,21H,1,12H2,2-5H3/t14-,15+,16-,17-,18?,20?/m1/s1. The van der Waals surface area contributed by atoms with Crippen molar-refractivity contribution in [3.05, 3.63) is 48.6 Å². The van der Waals surface area contributed by atoms with E-state index < -0.39 is 42.1 Å². The summed E-state index contributed by atoms with van der Waals surface area (Å²) in [5.74, 6) is -0.947. The zero-order valence-electron chi connectivity index (χ0n) is 15.8. The molecule has 2 unspecified atom stereocenters. The SMILES string of the molecule is C=C[C@@H]1OC(C)(OC)C(C)(C)O[C@H]1[C@@H]1OC(c2ccccc2)OC[C@H]1O. The topological polar surface area (TPSA) is 66.4 Å². The van der Waals surface area contributed by atoms with Crippen molar-refractivity contribution >= 4 is 0 Å². The van der Waals surface area contributed by atoms with E-state index in [9.17, 15) is 5.11 Å². The number of methoxy groups -OCH3 is 1. The fraction of sp³-hybridized carbons (Fsp3) is 0.600. The summed E-state index contributed by atoms with van der Waals surface area (Å²) in [5, 5.41) is 10.5. The molecule has 2 fully saturated rings. The predicted molar refractivity (Wildman–Crippen MR) is 95.5 cm³/mol. The summed E-state index contributed by atoms with van der Waals surface area (Å²) in [6.45, 7) is 9.61. The molecule has 6 heteroatoms. The number of rotatable bonds is 4. The molecule has 26 heavy (non-hydrogen) atoms. The van der Waals surface area contributed by atoms with Gasteiger partial charge in [-0.3, -0.25) is 0 Å². The van der Waals surface area contributed by atoms with Crippen LogP contribution in [0.3, 0.4) is 0 Å². The number of aliphatic hydroxyl groups is 1. The van der Waals surface area contributed by atoms with Crippen molar-refractivity contribution < 1.29 is 28.8 Å². The maximum Gasteiger partial charge on any atom is 0.194 e. The van der Waals surface area contributed by atoms with Gasteiger partial charge in [0, 0.05) is 12.7 Å². The van der Waals surface area contributed by atoms with Crippen molar-refractivity contribution in [3.8, 4) is 0 Å². The Bertz CT molecular complexity index is 618. The molecule has 1 N–H and O–H groups in total. The van der Waals surface area contributed by atoms with Gasteiger partial charge in [0.25, 0.3) is 0 Å². The third-order valence-corrected chi connectivity index (χ3v) is 5.30. The molecule has 2 aliphatic rings. The Kier molecular flexibility index (Phi) is 5.53. The fourth-order valence-electron chi connectivity index (χ4n) is 3.35. The Morgan fingerprint density at radius 2 is 1.85 bits per heavy atom. The van der Waals surface area contributed by atoms with Crippen molar-refractivity contribution in [1.29, 1.82) is 0 Å². The molecule has 1 aromatic rings. The highest BCUT2D eigenvalue weighted by Gasteiger charge is 2.55. The molecule has 0 radical (unpaired) electrons. The minimum absolute atomic E-state index is 0.149. The lowest BCUT2D eigenvalue weighted by Crippen LogP contribution is -2.66. The van der Waals surface area contributed by atoms with E-state index in [2.05, 4.69) is 6.58 Å². The molecule has 0 amide bonds. The van der Waals surface area contributed by atoms with Gasteiger partial charge >= 0.3 is 0 Å². The van der Waals surface area contributed by atoms with Gasteiger partial charge in [-0.15, -0.1) is 6.58 Å². The molecule has 2 heterocycles. The van der Waals surface area contributed by atoms with Gasteiger partial charge in [-0.2, -0.15) is 0 Å². The normalized spacial score (nSPS) is 40.1. The van der Waals surface area contributed by atoms with Gasteiger partial charge in [-0.25, -0.2) is 0 Å². The van der Waals surface area contributed by atoms with Crippen LogP contribution in [-0.4, -0.2) is 54.6 Å². The second-order valence-electron chi connectivity index (χ2n) is 7.30. The lowest BCUT2D eigenvalue weighted by molar-refractivity contribution is -0.397.